The molecule has 0 radical (unpaired) electrons. The molecule has 52 heavy (non-hydrogen) atoms. The van der Waals surface area contributed by atoms with Crippen LogP contribution >= 0.6 is 0 Å². The van der Waals surface area contributed by atoms with E-state index in [4.69, 9.17) is 19.9 Å². The predicted molar refractivity (Wildman–Crippen MR) is 215 cm³/mol. The highest BCUT2D eigenvalue weighted by Gasteiger charge is 2.16. The molecule has 0 spiro atoms. The lowest BCUT2D eigenvalue weighted by molar-refractivity contribution is 1.18. The zero-order chi connectivity index (χ0) is 34.4. The van der Waals surface area contributed by atoms with Gasteiger partial charge in [0.1, 0.15) is 0 Å². The topological polar surface area (TPSA) is 51.6 Å². The third-order valence-corrected chi connectivity index (χ3v) is 9.83. The first-order valence-corrected chi connectivity index (χ1v) is 17.5. The number of pyridine rings is 2. The van der Waals surface area contributed by atoms with Gasteiger partial charge in [0, 0.05) is 44.0 Å². The van der Waals surface area contributed by atoms with Crippen LogP contribution in [0.15, 0.2) is 182 Å². The second-order valence-electron chi connectivity index (χ2n) is 13.1. The molecule has 10 aromatic rings. The van der Waals surface area contributed by atoms with Gasteiger partial charge in [0.2, 0.25) is 0 Å². The summed E-state index contributed by atoms with van der Waals surface area (Å²) in [6, 6.07) is 63.2. The molecule has 0 aliphatic rings. The zero-order valence-electron chi connectivity index (χ0n) is 28.1. The Labute approximate surface area is 300 Å². The highest BCUT2D eigenvalue weighted by molar-refractivity contribution is 6.16. The lowest BCUT2D eigenvalue weighted by Crippen LogP contribution is -1.96. The normalized spacial score (nSPS) is 11.5. The molecule has 0 saturated heterocycles. The number of nitrogens with zero attached hydrogens (tertiary/aromatic N) is 4. The number of fused-ring (bicyclic) bond motifs is 5. The van der Waals surface area contributed by atoms with E-state index >= 15 is 0 Å². The van der Waals surface area contributed by atoms with E-state index in [0.29, 0.717) is 5.82 Å². The van der Waals surface area contributed by atoms with Crippen LogP contribution in [0, 0.1) is 0 Å². The van der Waals surface area contributed by atoms with Gasteiger partial charge in [0.05, 0.1) is 33.6 Å². The van der Waals surface area contributed by atoms with Crippen LogP contribution in [0.4, 0.5) is 0 Å². The summed E-state index contributed by atoms with van der Waals surface area (Å²) in [5, 5.41) is 5.54. The minimum Gasteiger partial charge on any atom is -0.245 e. The van der Waals surface area contributed by atoms with E-state index in [-0.39, 0.29) is 0 Å². The van der Waals surface area contributed by atoms with Gasteiger partial charge in [-0.2, -0.15) is 0 Å². The summed E-state index contributed by atoms with van der Waals surface area (Å²) in [5.74, 6) is 0.698. The standard InChI is InChI=1S/C48H30N4/c1-4-12-31(13-5-1)43-30-44(32-14-6-2-7-15-32)52-48(51-43)38-23-21-35-28-37(22-20-36(35)29-38)41-27-25-34-24-26-40-45(33-16-8-3-9-17-33)39-18-10-11-19-42(39)50-47(40)46(34)49-41/h1-30H. The highest BCUT2D eigenvalue weighted by atomic mass is 14.9. The van der Waals surface area contributed by atoms with Gasteiger partial charge in [-0.25, -0.2) is 19.9 Å². The van der Waals surface area contributed by atoms with Crippen LogP contribution in [-0.4, -0.2) is 19.9 Å². The maximum Gasteiger partial charge on any atom is 0.160 e. The molecule has 10 rings (SSSR count). The largest absolute Gasteiger partial charge is 0.245 e. The van der Waals surface area contributed by atoms with Crippen molar-refractivity contribution in [3.8, 4) is 56.3 Å². The molecule has 0 atom stereocenters. The zero-order valence-corrected chi connectivity index (χ0v) is 28.1. The fraction of sp³-hybridized carbons (Fsp3) is 0. The Morgan fingerprint density at radius 2 is 0.846 bits per heavy atom. The monoisotopic (exact) mass is 662 g/mol. The van der Waals surface area contributed by atoms with Gasteiger partial charge in [0.25, 0.3) is 0 Å². The highest BCUT2D eigenvalue weighted by Crippen LogP contribution is 2.38. The van der Waals surface area contributed by atoms with Gasteiger partial charge >= 0.3 is 0 Å². The summed E-state index contributed by atoms with van der Waals surface area (Å²) in [4.78, 5) is 20.6. The molecule has 0 unspecified atom stereocenters. The van der Waals surface area contributed by atoms with E-state index < -0.39 is 0 Å². The smallest absolute Gasteiger partial charge is 0.160 e. The van der Waals surface area contributed by atoms with E-state index in [1.165, 1.54) is 11.1 Å². The molecule has 0 N–H and O–H groups in total. The van der Waals surface area contributed by atoms with Crippen molar-refractivity contribution in [3.05, 3.63) is 182 Å². The van der Waals surface area contributed by atoms with Crippen molar-refractivity contribution < 1.29 is 0 Å². The lowest BCUT2D eigenvalue weighted by Gasteiger charge is -2.13. The van der Waals surface area contributed by atoms with Crippen LogP contribution in [0.3, 0.4) is 0 Å². The fourth-order valence-corrected chi connectivity index (χ4v) is 7.25. The molecule has 0 fully saturated rings. The first-order chi connectivity index (χ1) is 25.7. The lowest BCUT2D eigenvalue weighted by atomic mass is 9.95. The Morgan fingerprint density at radius 1 is 0.288 bits per heavy atom. The van der Waals surface area contributed by atoms with E-state index in [2.05, 4.69) is 146 Å². The molecule has 4 heteroatoms. The molecule has 7 aromatic carbocycles. The van der Waals surface area contributed by atoms with Gasteiger partial charge in [-0.3, -0.25) is 0 Å². The van der Waals surface area contributed by atoms with Crippen LogP contribution < -0.4 is 0 Å². The maximum absolute atomic E-state index is 5.28. The molecule has 0 saturated carbocycles. The van der Waals surface area contributed by atoms with Crippen LogP contribution in [0.1, 0.15) is 0 Å². The summed E-state index contributed by atoms with van der Waals surface area (Å²) in [7, 11) is 0. The summed E-state index contributed by atoms with van der Waals surface area (Å²) in [6.07, 6.45) is 0. The first kappa shape index (κ1) is 29.8. The number of hydrogen-bond acceptors (Lipinski definition) is 4. The minimum atomic E-state index is 0.698. The Hall–Kier alpha value is -7.04. The van der Waals surface area contributed by atoms with Gasteiger partial charge < -0.3 is 0 Å². The second kappa shape index (κ2) is 12.4. The molecule has 242 valence electrons. The number of hydrogen-bond donors (Lipinski definition) is 0. The average molecular weight is 663 g/mol. The van der Waals surface area contributed by atoms with Crippen LogP contribution in [0.5, 0.6) is 0 Å². The Balaban J connectivity index is 1.08. The molecule has 4 nitrogen and oxygen atoms in total. The molecule has 0 bridgehead atoms. The summed E-state index contributed by atoms with van der Waals surface area (Å²) in [6.45, 7) is 0. The molecular formula is C48H30N4. The van der Waals surface area contributed by atoms with Crippen molar-refractivity contribution in [2.45, 2.75) is 0 Å². The average Bonchev–Trinajstić information content (AvgIpc) is 3.23. The quantitative estimate of drug-likeness (QED) is 0.136. The molecule has 0 amide bonds. The SMILES string of the molecule is c1ccc(-c2cc(-c3ccccc3)nc(-c3ccc4cc(-c5ccc6ccc7c(-c8ccccc8)c8ccccc8nc7c6n5)ccc4c3)n2)cc1. The second-order valence-corrected chi connectivity index (χ2v) is 13.1. The predicted octanol–water partition coefficient (Wildman–Crippen LogP) is 12.2. The van der Waals surface area contributed by atoms with E-state index in [1.807, 2.05) is 36.4 Å². The molecule has 3 aromatic heterocycles. The van der Waals surface area contributed by atoms with Gasteiger partial charge in [-0.05, 0) is 46.7 Å². The van der Waals surface area contributed by atoms with Crippen LogP contribution in [0.25, 0.3) is 99.8 Å². The third kappa shape index (κ3) is 5.26. The van der Waals surface area contributed by atoms with Gasteiger partial charge in [-0.1, -0.05) is 152 Å². The minimum absolute atomic E-state index is 0.698. The Morgan fingerprint density at radius 3 is 1.54 bits per heavy atom. The number of benzene rings is 7. The Kier molecular flexibility index (Phi) is 7.10. The fourth-order valence-electron chi connectivity index (χ4n) is 7.25. The van der Waals surface area contributed by atoms with Crippen molar-refractivity contribution in [2.24, 2.45) is 0 Å². The number of para-hydroxylation sites is 1. The molecule has 0 aliphatic carbocycles. The first-order valence-electron chi connectivity index (χ1n) is 17.5. The van der Waals surface area contributed by atoms with Crippen molar-refractivity contribution >= 4 is 43.5 Å². The van der Waals surface area contributed by atoms with Crippen molar-refractivity contribution in [1.29, 1.82) is 0 Å². The van der Waals surface area contributed by atoms with E-state index in [9.17, 15) is 0 Å². The summed E-state index contributed by atoms with van der Waals surface area (Å²) < 4.78 is 0. The number of aromatic nitrogens is 4. The van der Waals surface area contributed by atoms with Crippen molar-refractivity contribution in [1.82, 2.24) is 19.9 Å². The van der Waals surface area contributed by atoms with Crippen LogP contribution in [-0.2, 0) is 0 Å². The summed E-state index contributed by atoms with van der Waals surface area (Å²) >= 11 is 0. The van der Waals surface area contributed by atoms with Gasteiger partial charge in [0.15, 0.2) is 5.82 Å². The van der Waals surface area contributed by atoms with E-state index in [1.54, 1.807) is 0 Å². The third-order valence-electron chi connectivity index (χ3n) is 9.83. The van der Waals surface area contributed by atoms with Gasteiger partial charge in [-0.15, -0.1) is 0 Å². The van der Waals surface area contributed by atoms with Crippen molar-refractivity contribution in [3.63, 3.8) is 0 Å². The van der Waals surface area contributed by atoms with Crippen molar-refractivity contribution in [2.75, 3.05) is 0 Å². The van der Waals surface area contributed by atoms with Crippen LogP contribution in [0.2, 0.25) is 0 Å². The molecular weight excluding hydrogens is 633 g/mol. The number of rotatable bonds is 5. The molecule has 3 heterocycles. The maximum atomic E-state index is 5.28. The van der Waals surface area contributed by atoms with E-state index in [0.717, 1.165) is 82.8 Å². The Bertz CT molecular complexity index is 2880. The summed E-state index contributed by atoms with van der Waals surface area (Å²) in [5.41, 5.74) is 12.0. The molecule has 0 aliphatic heterocycles.